The SMILES string of the molecule is CCCCCCCCCCC(CCCCCCCCCC)CCCN1C(=O)C2=C(c3cccs3)N(CCCC(CCCCCCCCCC)CCCCCCCCCC)C(=O)C2=C1c1cccs1. The first-order valence-electron chi connectivity index (χ1n) is 29.8. The van der Waals surface area contributed by atoms with E-state index in [2.05, 4.69) is 62.7 Å². The molecule has 4 rings (SSSR count). The summed E-state index contributed by atoms with van der Waals surface area (Å²) in [5, 5.41) is 4.21. The molecule has 2 amide bonds. The first-order chi connectivity index (χ1) is 33.5. The molecule has 0 N–H and O–H groups in total. The van der Waals surface area contributed by atoms with Crippen molar-refractivity contribution in [3.05, 3.63) is 55.9 Å². The van der Waals surface area contributed by atoms with Crippen molar-refractivity contribution in [2.45, 2.75) is 285 Å². The number of unbranched alkanes of at least 4 members (excludes halogenated alkanes) is 28. The van der Waals surface area contributed by atoms with E-state index in [1.165, 1.54) is 244 Å². The molecule has 0 atom stereocenters. The monoisotopic (exact) mass is 973 g/mol. The third-order valence-electron chi connectivity index (χ3n) is 15.5. The summed E-state index contributed by atoms with van der Waals surface area (Å²) in [4.78, 5) is 36.1. The molecule has 6 heteroatoms. The summed E-state index contributed by atoms with van der Waals surface area (Å²) in [6, 6.07) is 8.42. The van der Waals surface area contributed by atoms with Gasteiger partial charge in [-0.1, -0.05) is 271 Å². The number of nitrogens with zero attached hydrogens (tertiary/aromatic N) is 2. The Morgan fingerprint density at radius 2 is 0.603 bits per heavy atom. The van der Waals surface area contributed by atoms with Crippen molar-refractivity contribution in [1.82, 2.24) is 9.80 Å². The smallest absolute Gasteiger partial charge is 0.261 e. The quantitative estimate of drug-likeness (QED) is 0.0620. The van der Waals surface area contributed by atoms with Crippen molar-refractivity contribution in [2.75, 3.05) is 13.1 Å². The van der Waals surface area contributed by atoms with E-state index in [0.29, 0.717) is 24.2 Å². The number of hydrogen-bond donors (Lipinski definition) is 0. The molecule has 0 spiro atoms. The molecular formula is C62H104N2O2S2. The molecule has 0 radical (unpaired) electrons. The Morgan fingerprint density at radius 1 is 0.353 bits per heavy atom. The minimum Gasteiger partial charge on any atom is -0.306 e. The zero-order chi connectivity index (χ0) is 48.3. The van der Waals surface area contributed by atoms with E-state index >= 15 is 0 Å². The van der Waals surface area contributed by atoms with E-state index in [0.717, 1.165) is 45.8 Å². The minimum absolute atomic E-state index is 0.0487. The molecule has 0 bridgehead atoms. The topological polar surface area (TPSA) is 40.6 Å². The van der Waals surface area contributed by atoms with Crippen LogP contribution in [0.15, 0.2) is 46.2 Å². The lowest BCUT2D eigenvalue weighted by atomic mass is 9.90. The number of hydrogen-bond acceptors (Lipinski definition) is 4. The number of carbonyl (C=O) groups excluding carboxylic acids is 2. The molecule has 0 fully saturated rings. The highest BCUT2D eigenvalue weighted by molar-refractivity contribution is 7.11. The van der Waals surface area contributed by atoms with Crippen molar-refractivity contribution in [1.29, 1.82) is 0 Å². The number of carbonyl (C=O) groups is 2. The summed E-state index contributed by atoms with van der Waals surface area (Å²) in [7, 11) is 0. The second-order valence-corrected chi connectivity index (χ2v) is 23.3. The Labute approximate surface area is 428 Å². The van der Waals surface area contributed by atoms with Crippen LogP contribution >= 0.6 is 22.7 Å². The van der Waals surface area contributed by atoms with E-state index < -0.39 is 0 Å². The first kappa shape index (κ1) is 58.4. The molecule has 0 aliphatic carbocycles. The average molecular weight is 974 g/mol. The molecule has 2 aromatic rings. The van der Waals surface area contributed by atoms with E-state index in [-0.39, 0.29) is 11.8 Å². The Kier molecular flexibility index (Phi) is 32.3. The van der Waals surface area contributed by atoms with Gasteiger partial charge < -0.3 is 9.80 Å². The Hall–Kier alpha value is -2.18. The van der Waals surface area contributed by atoms with Crippen molar-refractivity contribution in [2.24, 2.45) is 11.8 Å². The number of thiophene rings is 2. The molecule has 2 aliphatic rings. The second-order valence-electron chi connectivity index (χ2n) is 21.4. The Bertz CT molecular complexity index is 1460. The molecule has 0 aromatic carbocycles. The van der Waals surface area contributed by atoms with Crippen LogP contribution in [0.4, 0.5) is 0 Å². The van der Waals surface area contributed by atoms with Crippen LogP contribution in [-0.4, -0.2) is 34.7 Å². The van der Waals surface area contributed by atoms with Crippen molar-refractivity contribution >= 4 is 45.9 Å². The molecule has 386 valence electrons. The lowest BCUT2D eigenvalue weighted by molar-refractivity contribution is -0.124. The van der Waals surface area contributed by atoms with Crippen LogP contribution in [0.1, 0.15) is 294 Å². The van der Waals surface area contributed by atoms with Crippen LogP contribution in [0.5, 0.6) is 0 Å². The largest absolute Gasteiger partial charge is 0.306 e. The van der Waals surface area contributed by atoms with Crippen LogP contribution in [0.3, 0.4) is 0 Å². The summed E-state index contributed by atoms with van der Waals surface area (Å²) >= 11 is 3.34. The highest BCUT2D eigenvalue weighted by Crippen LogP contribution is 2.48. The zero-order valence-electron chi connectivity index (χ0n) is 44.8. The van der Waals surface area contributed by atoms with Gasteiger partial charge in [0.2, 0.25) is 0 Å². The van der Waals surface area contributed by atoms with Crippen LogP contribution in [0.2, 0.25) is 0 Å². The van der Waals surface area contributed by atoms with E-state index in [9.17, 15) is 9.59 Å². The molecule has 4 nitrogen and oxygen atoms in total. The van der Waals surface area contributed by atoms with Gasteiger partial charge in [0.05, 0.1) is 32.3 Å². The van der Waals surface area contributed by atoms with Gasteiger partial charge in [0.15, 0.2) is 0 Å². The number of rotatable bonds is 46. The van der Waals surface area contributed by atoms with Gasteiger partial charge in [-0.15, -0.1) is 22.7 Å². The predicted octanol–water partition coefficient (Wildman–Crippen LogP) is 20.5. The fraction of sp³-hybridized carbons (Fsp3) is 0.774. The van der Waals surface area contributed by atoms with Gasteiger partial charge in [-0.05, 0) is 60.4 Å². The molecule has 0 saturated carbocycles. The fourth-order valence-electron chi connectivity index (χ4n) is 11.4. The third-order valence-corrected chi connectivity index (χ3v) is 17.3. The van der Waals surface area contributed by atoms with E-state index in [1.54, 1.807) is 22.7 Å². The van der Waals surface area contributed by atoms with Crippen LogP contribution < -0.4 is 0 Å². The number of amides is 2. The molecular weight excluding hydrogens is 869 g/mol. The molecule has 68 heavy (non-hydrogen) atoms. The molecule has 4 heterocycles. The maximum absolute atomic E-state index is 15.0. The van der Waals surface area contributed by atoms with Gasteiger partial charge in [0.25, 0.3) is 11.8 Å². The van der Waals surface area contributed by atoms with Gasteiger partial charge in [-0.3, -0.25) is 9.59 Å². The van der Waals surface area contributed by atoms with Crippen LogP contribution in [0.25, 0.3) is 11.4 Å². The summed E-state index contributed by atoms with van der Waals surface area (Å²) in [5.41, 5.74) is 3.10. The highest BCUT2D eigenvalue weighted by Gasteiger charge is 2.49. The lowest BCUT2D eigenvalue weighted by Crippen LogP contribution is -2.31. The van der Waals surface area contributed by atoms with Gasteiger partial charge >= 0.3 is 0 Å². The standard InChI is InChI=1S/C62H104N2O2S2/c1-5-9-13-17-21-25-29-33-41-53(42-34-30-26-22-18-14-10-6-2)45-37-49-63-59(55-47-39-51-67-55)57-58(61(63)65)60(56-48-40-52-68-56)64(62(57)66)50-38-46-54(43-35-31-27-23-19-15-11-7-3)44-36-32-28-24-20-16-12-8-4/h39-40,47-48,51-54H,5-38,41-46,49-50H2,1-4H3. The van der Waals surface area contributed by atoms with Crippen LogP contribution in [-0.2, 0) is 9.59 Å². The van der Waals surface area contributed by atoms with Gasteiger partial charge in [0.1, 0.15) is 0 Å². The fourth-order valence-corrected chi connectivity index (χ4v) is 12.9. The summed E-state index contributed by atoms with van der Waals surface area (Å²) < 4.78 is 0. The average Bonchev–Trinajstić information content (AvgIpc) is 4.17. The van der Waals surface area contributed by atoms with Crippen LogP contribution in [0, 0.1) is 11.8 Å². The molecule has 2 aromatic heterocycles. The Balaban J connectivity index is 1.42. The summed E-state index contributed by atoms with van der Waals surface area (Å²) in [6.45, 7) is 10.6. The summed E-state index contributed by atoms with van der Waals surface area (Å²) in [6.07, 6.45) is 53.3. The van der Waals surface area contributed by atoms with Gasteiger partial charge in [-0.25, -0.2) is 0 Å². The van der Waals surface area contributed by atoms with Gasteiger partial charge in [-0.2, -0.15) is 0 Å². The van der Waals surface area contributed by atoms with Crippen molar-refractivity contribution in [3.63, 3.8) is 0 Å². The maximum atomic E-state index is 15.0. The van der Waals surface area contributed by atoms with E-state index in [4.69, 9.17) is 0 Å². The molecule has 0 unspecified atom stereocenters. The lowest BCUT2D eigenvalue weighted by Gasteiger charge is -2.26. The normalized spacial score (nSPS) is 14.1. The first-order valence-corrected chi connectivity index (χ1v) is 31.5. The van der Waals surface area contributed by atoms with Crippen molar-refractivity contribution in [3.8, 4) is 0 Å². The Morgan fingerprint density at radius 3 is 0.853 bits per heavy atom. The number of fused-ring (bicyclic) bond motifs is 1. The predicted molar refractivity (Wildman–Crippen MR) is 300 cm³/mol. The van der Waals surface area contributed by atoms with E-state index in [1.807, 2.05) is 9.80 Å². The highest BCUT2D eigenvalue weighted by atomic mass is 32.1. The maximum Gasteiger partial charge on any atom is 0.261 e. The molecule has 0 saturated heterocycles. The van der Waals surface area contributed by atoms with Crippen molar-refractivity contribution < 1.29 is 9.59 Å². The minimum atomic E-state index is 0.0487. The zero-order valence-corrected chi connectivity index (χ0v) is 46.5. The third kappa shape index (κ3) is 21.7. The second kappa shape index (κ2) is 37.6. The molecule has 2 aliphatic heterocycles. The summed E-state index contributed by atoms with van der Waals surface area (Å²) in [5.74, 6) is 1.54. The van der Waals surface area contributed by atoms with Gasteiger partial charge in [0, 0.05) is 13.1 Å².